The van der Waals surface area contributed by atoms with Gasteiger partial charge in [-0.3, -0.25) is 9.59 Å². The van der Waals surface area contributed by atoms with Crippen molar-refractivity contribution in [3.8, 4) is 6.07 Å². The number of nitrogens with zero attached hydrogens (tertiary/aromatic N) is 1. The predicted molar refractivity (Wildman–Crippen MR) is 93.5 cm³/mol. The lowest BCUT2D eigenvalue weighted by Gasteiger charge is -2.08. The highest BCUT2D eigenvalue weighted by atomic mass is 32.2. The van der Waals surface area contributed by atoms with Gasteiger partial charge in [-0.1, -0.05) is 12.1 Å². The minimum Gasteiger partial charge on any atom is -0.325 e. The minimum atomic E-state index is -4.03. The van der Waals surface area contributed by atoms with Gasteiger partial charge in [0.2, 0.25) is 11.8 Å². The van der Waals surface area contributed by atoms with Crippen molar-refractivity contribution < 1.29 is 22.4 Å². The maximum absolute atomic E-state index is 12.8. The Morgan fingerprint density at radius 1 is 0.962 bits per heavy atom. The van der Waals surface area contributed by atoms with Crippen molar-refractivity contribution in [1.82, 2.24) is 0 Å². The van der Waals surface area contributed by atoms with Gasteiger partial charge >= 0.3 is 0 Å². The van der Waals surface area contributed by atoms with E-state index in [2.05, 4.69) is 10.6 Å². The van der Waals surface area contributed by atoms with Crippen LogP contribution in [0.1, 0.15) is 5.56 Å². The molecule has 0 saturated carbocycles. The van der Waals surface area contributed by atoms with E-state index < -0.39 is 39.0 Å². The van der Waals surface area contributed by atoms with Crippen LogP contribution < -0.4 is 10.6 Å². The van der Waals surface area contributed by atoms with Crippen LogP contribution >= 0.6 is 0 Å². The molecule has 2 amide bonds. The molecule has 26 heavy (non-hydrogen) atoms. The molecular formula is C17H14FN3O4S. The van der Waals surface area contributed by atoms with Gasteiger partial charge in [-0.05, 0) is 36.4 Å². The Labute approximate surface area is 149 Å². The number of rotatable bonds is 6. The number of amides is 2. The second kappa shape index (κ2) is 8.22. The molecule has 0 saturated heterocycles. The van der Waals surface area contributed by atoms with Crippen LogP contribution in [0.15, 0.2) is 48.5 Å². The summed E-state index contributed by atoms with van der Waals surface area (Å²) >= 11 is 0. The molecule has 0 aliphatic rings. The van der Waals surface area contributed by atoms with Gasteiger partial charge in [-0.25, -0.2) is 12.8 Å². The Morgan fingerprint density at radius 2 is 1.54 bits per heavy atom. The molecule has 0 aliphatic carbocycles. The molecule has 0 fully saturated rings. The number of hydrogen-bond donors (Lipinski definition) is 2. The van der Waals surface area contributed by atoms with Gasteiger partial charge in [0.1, 0.15) is 23.4 Å². The lowest BCUT2D eigenvalue weighted by atomic mass is 10.2. The first-order valence-corrected chi connectivity index (χ1v) is 9.16. The van der Waals surface area contributed by atoms with Gasteiger partial charge in [-0.15, -0.1) is 0 Å². The summed E-state index contributed by atoms with van der Waals surface area (Å²) in [6.45, 7) is 0. The molecule has 0 unspecified atom stereocenters. The Kier molecular flexibility index (Phi) is 6.03. The van der Waals surface area contributed by atoms with Gasteiger partial charge in [0, 0.05) is 5.69 Å². The van der Waals surface area contributed by atoms with Crippen molar-refractivity contribution >= 4 is 33.0 Å². The van der Waals surface area contributed by atoms with Crippen LogP contribution in [-0.4, -0.2) is 31.7 Å². The van der Waals surface area contributed by atoms with Crippen LogP contribution in [0.25, 0.3) is 0 Å². The standard InChI is InChI=1S/C17H14FN3O4S/c18-13-5-7-14(8-6-13)20-16(22)10-26(24,25)11-17(23)21-15-4-2-1-3-12(15)9-19/h1-8H,10-11H2,(H,20,22)(H,21,23). The van der Waals surface area contributed by atoms with Crippen molar-refractivity contribution in [2.75, 3.05) is 22.1 Å². The zero-order chi connectivity index (χ0) is 19.2. The first kappa shape index (κ1) is 19.1. The highest BCUT2D eigenvalue weighted by Crippen LogP contribution is 2.13. The maximum atomic E-state index is 12.8. The van der Waals surface area contributed by atoms with Gasteiger partial charge < -0.3 is 10.6 Å². The Bertz CT molecular complexity index is 966. The third-order valence-electron chi connectivity index (χ3n) is 3.15. The van der Waals surface area contributed by atoms with Gasteiger partial charge in [0.15, 0.2) is 9.84 Å². The number of carbonyl (C=O) groups is 2. The summed E-state index contributed by atoms with van der Waals surface area (Å²) in [6, 6.07) is 12.8. The predicted octanol–water partition coefficient (Wildman–Crippen LogP) is 1.69. The molecule has 0 aromatic heterocycles. The molecule has 0 radical (unpaired) electrons. The van der Waals surface area contributed by atoms with E-state index in [1.807, 2.05) is 6.07 Å². The number of halogens is 1. The number of para-hydroxylation sites is 1. The summed E-state index contributed by atoms with van der Waals surface area (Å²) < 4.78 is 36.8. The molecule has 2 N–H and O–H groups in total. The van der Waals surface area contributed by atoms with E-state index in [-0.39, 0.29) is 16.9 Å². The molecule has 9 heteroatoms. The van der Waals surface area contributed by atoms with E-state index in [4.69, 9.17) is 5.26 Å². The van der Waals surface area contributed by atoms with Crippen molar-refractivity contribution in [2.24, 2.45) is 0 Å². The quantitative estimate of drug-likeness (QED) is 0.797. The number of nitrogens with one attached hydrogen (secondary N) is 2. The molecule has 0 aliphatic heterocycles. The maximum Gasteiger partial charge on any atom is 0.239 e. The monoisotopic (exact) mass is 375 g/mol. The van der Waals surface area contributed by atoms with Crippen molar-refractivity contribution in [2.45, 2.75) is 0 Å². The number of anilines is 2. The Hall–Kier alpha value is -3.25. The van der Waals surface area contributed by atoms with Gasteiger partial charge in [0.05, 0.1) is 11.3 Å². The first-order chi connectivity index (χ1) is 12.3. The minimum absolute atomic E-state index is 0.186. The smallest absolute Gasteiger partial charge is 0.239 e. The van der Waals surface area contributed by atoms with E-state index in [1.165, 1.54) is 24.3 Å². The Morgan fingerprint density at radius 3 is 2.15 bits per heavy atom. The average molecular weight is 375 g/mol. The number of benzene rings is 2. The van der Waals surface area contributed by atoms with E-state index in [1.54, 1.807) is 12.1 Å². The largest absolute Gasteiger partial charge is 0.325 e. The highest BCUT2D eigenvalue weighted by molar-refractivity contribution is 7.92. The lowest BCUT2D eigenvalue weighted by molar-refractivity contribution is -0.114. The fraction of sp³-hybridized carbons (Fsp3) is 0.118. The molecule has 2 rings (SSSR count). The van der Waals surface area contributed by atoms with Gasteiger partial charge in [-0.2, -0.15) is 5.26 Å². The van der Waals surface area contributed by atoms with Crippen LogP contribution in [0.2, 0.25) is 0 Å². The van der Waals surface area contributed by atoms with Crippen molar-refractivity contribution in [3.63, 3.8) is 0 Å². The van der Waals surface area contributed by atoms with Crippen LogP contribution in [0.5, 0.6) is 0 Å². The third-order valence-corrected chi connectivity index (χ3v) is 4.56. The molecular weight excluding hydrogens is 361 g/mol. The number of carbonyl (C=O) groups excluding carboxylic acids is 2. The first-order valence-electron chi connectivity index (χ1n) is 7.34. The zero-order valence-corrected chi connectivity index (χ0v) is 14.2. The fourth-order valence-corrected chi connectivity index (χ4v) is 3.10. The van der Waals surface area contributed by atoms with Crippen LogP contribution in [0, 0.1) is 17.1 Å². The molecule has 0 bridgehead atoms. The number of sulfone groups is 1. The summed E-state index contributed by atoms with van der Waals surface area (Å²) in [5.41, 5.74) is 0.609. The van der Waals surface area contributed by atoms with E-state index in [9.17, 15) is 22.4 Å². The molecule has 2 aromatic rings. The normalized spacial score (nSPS) is 10.6. The lowest BCUT2D eigenvalue weighted by Crippen LogP contribution is -2.30. The highest BCUT2D eigenvalue weighted by Gasteiger charge is 2.21. The summed E-state index contributed by atoms with van der Waals surface area (Å²) in [5, 5.41) is 13.6. The average Bonchev–Trinajstić information content (AvgIpc) is 2.56. The molecule has 0 spiro atoms. The fourth-order valence-electron chi connectivity index (χ4n) is 2.06. The summed E-state index contributed by atoms with van der Waals surface area (Å²) in [6.07, 6.45) is 0. The van der Waals surface area contributed by atoms with E-state index in [0.29, 0.717) is 0 Å². The van der Waals surface area contributed by atoms with Crippen LogP contribution in [0.3, 0.4) is 0 Å². The summed E-state index contributed by atoms with van der Waals surface area (Å²) in [7, 11) is -4.03. The van der Waals surface area contributed by atoms with E-state index in [0.717, 1.165) is 12.1 Å². The SMILES string of the molecule is N#Cc1ccccc1NC(=O)CS(=O)(=O)CC(=O)Nc1ccc(F)cc1. The molecule has 2 aromatic carbocycles. The third kappa shape index (κ3) is 5.68. The topological polar surface area (TPSA) is 116 Å². The molecule has 0 heterocycles. The molecule has 0 atom stereocenters. The summed E-state index contributed by atoms with van der Waals surface area (Å²) in [4.78, 5) is 23.7. The summed E-state index contributed by atoms with van der Waals surface area (Å²) in [5.74, 6) is -4.02. The zero-order valence-electron chi connectivity index (χ0n) is 13.4. The van der Waals surface area contributed by atoms with E-state index >= 15 is 0 Å². The van der Waals surface area contributed by atoms with Crippen molar-refractivity contribution in [1.29, 1.82) is 5.26 Å². The molecule has 134 valence electrons. The molecule has 7 nitrogen and oxygen atoms in total. The Balaban J connectivity index is 1.95. The van der Waals surface area contributed by atoms with Gasteiger partial charge in [0.25, 0.3) is 0 Å². The number of hydrogen-bond acceptors (Lipinski definition) is 5. The van der Waals surface area contributed by atoms with Crippen molar-refractivity contribution in [3.05, 3.63) is 59.9 Å². The van der Waals surface area contributed by atoms with Crippen LogP contribution in [0.4, 0.5) is 15.8 Å². The second-order valence-corrected chi connectivity index (χ2v) is 7.36. The second-order valence-electron chi connectivity index (χ2n) is 5.29. The number of nitriles is 1. The van der Waals surface area contributed by atoms with Crippen LogP contribution in [-0.2, 0) is 19.4 Å².